The molecule has 1 aliphatic carbocycles. The molecule has 3 nitrogen and oxygen atoms in total. The number of rotatable bonds is 3. The van der Waals surface area contributed by atoms with Crippen LogP contribution in [-0.2, 0) is 36.4 Å². The van der Waals surface area contributed by atoms with Crippen LogP contribution in [0.3, 0.4) is 0 Å². The average molecular weight is 792 g/mol. The standard InChI is InChI=1S/C22H21N2.C21H20N.Ir/c1-21(2)17-9-7-8-15(19-10-5-6-12-24-19)20(17)22(3,4)16-11-13-23-14-18(16)21;1-21(2,3)19-12-13-22-20(15-19)18-11-7-10-17(14-18)16-8-5-4-6-9-16;/h5-7,9-14H,1-4H3;4-10,12-15H,1-3H3;/q2*-1;. The minimum Gasteiger partial charge on any atom is -0.305 e. The van der Waals surface area contributed by atoms with Gasteiger partial charge in [0.25, 0.3) is 0 Å². The molecule has 6 aromatic rings. The summed E-state index contributed by atoms with van der Waals surface area (Å²) in [6.07, 6.45) is 7.66. The first-order valence-electron chi connectivity index (χ1n) is 15.9. The van der Waals surface area contributed by atoms with Gasteiger partial charge in [0.1, 0.15) is 0 Å². The van der Waals surface area contributed by atoms with Gasteiger partial charge in [0.05, 0.1) is 0 Å². The Morgan fingerprint density at radius 3 is 2.04 bits per heavy atom. The largest absolute Gasteiger partial charge is 0.305 e. The summed E-state index contributed by atoms with van der Waals surface area (Å²) in [7, 11) is 0. The van der Waals surface area contributed by atoms with E-state index in [9.17, 15) is 0 Å². The quantitative estimate of drug-likeness (QED) is 0.168. The monoisotopic (exact) mass is 792 g/mol. The average Bonchev–Trinajstić information content (AvgIpc) is 3.08. The Labute approximate surface area is 294 Å². The summed E-state index contributed by atoms with van der Waals surface area (Å²) in [5.41, 5.74) is 13.0. The van der Waals surface area contributed by atoms with Crippen molar-refractivity contribution in [2.45, 2.75) is 64.7 Å². The van der Waals surface area contributed by atoms with Crippen molar-refractivity contribution < 1.29 is 20.1 Å². The topological polar surface area (TPSA) is 38.7 Å². The van der Waals surface area contributed by atoms with Crippen molar-refractivity contribution >= 4 is 0 Å². The fourth-order valence-electron chi connectivity index (χ4n) is 6.57. The summed E-state index contributed by atoms with van der Waals surface area (Å²) in [5.74, 6) is 0. The molecule has 0 saturated heterocycles. The first-order chi connectivity index (χ1) is 22.0. The molecule has 47 heavy (non-hydrogen) atoms. The van der Waals surface area contributed by atoms with E-state index in [0.717, 1.165) is 22.5 Å². The van der Waals surface area contributed by atoms with Gasteiger partial charge in [-0.15, -0.1) is 70.3 Å². The summed E-state index contributed by atoms with van der Waals surface area (Å²) in [5, 5.41) is 0. The molecule has 4 heteroatoms. The Bertz CT molecular complexity index is 1970. The number of benzene rings is 3. The molecule has 0 bridgehead atoms. The Morgan fingerprint density at radius 2 is 1.32 bits per heavy atom. The van der Waals surface area contributed by atoms with E-state index >= 15 is 0 Å². The summed E-state index contributed by atoms with van der Waals surface area (Å²) < 4.78 is 0. The van der Waals surface area contributed by atoms with Crippen molar-refractivity contribution in [2.75, 3.05) is 0 Å². The molecule has 3 aromatic heterocycles. The van der Waals surface area contributed by atoms with Crippen LogP contribution in [0.4, 0.5) is 0 Å². The van der Waals surface area contributed by atoms with Gasteiger partial charge in [0, 0.05) is 44.9 Å². The second kappa shape index (κ2) is 13.5. The van der Waals surface area contributed by atoms with Crippen LogP contribution < -0.4 is 0 Å². The van der Waals surface area contributed by atoms with E-state index in [-0.39, 0.29) is 36.4 Å². The van der Waals surface area contributed by atoms with Crippen molar-refractivity contribution in [3.05, 3.63) is 162 Å². The van der Waals surface area contributed by atoms with Crippen LogP contribution in [0.25, 0.3) is 33.6 Å². The Hall–Kier alpha value is -4.24. The molecule has 0 atom stereocenters. The molecule has 0 N–H and O–H groups in total. The maximum Gasteiger partial charge on any atom is 0.0310 e. The summed E-state index contributed by atoms with van der Waals surface area (Å²) >= 11 is 0. The van der Waals surface area contributed by atoms with Gasteiger partial charge < -0.3 is 9.97 Å². The normalized spacial score (nSPS) is 14.0. The van der Waals surface area contributed by atoms with Crippen LogP contribution >= 0.6 is 0 Å². The smallest absolute Gasteiger partial charge is 0.0310 e. The van der Waals surface area contributed by atoms with E-state index in [4.69, 9.17) is 0 Å². The molecule has 0 unspecified atom stereocenters. The van der Waals surface area contributed by atoms with Crippen molar-refractivity contribution in [1.82, 2.24) is 15.0 Å². The van der Waals surface area contributed by atoms with Gasteiger partial charge in [-0.05, 0) is 68.1 Å². The van der Waals surface area contributed by atoms with Crippen LogP contribution in [-0.4, -0.2) is 15.0 Å². The first kappa shape index (κ1) is 34.1. The van der Waals surface area contributed by atoms with Crippen molar-refractivity contribution in [3.63, 3.8) is 0 Å². The van der Waals surface area contributed by atoms with E-state index in [0.29, 0.717) is 0 Å². The van der Waals surface area contributed by atoms with Gasteiger partial charge in [-0.3, -0.25) is 4.98 Å². The van der Waals surface area contributed by atoms with Crippen molar-refractivity contribution in [3.8, 4) is 33.6 Å². The molecule has 0 fully saturated rings. The third kappa shape index (κ3) is 6.77. The Morgan fingerprint density at radius 1 is 0.596 bits per heavy atom. The van der Waals surface area contributed by atoms with Crippen LogP contribution in [0, 0.1) is 12.1 Å². The van der Waals surface area contributed by atoms with Gasteiger partial charge in [0.15, 0.2) is 0 Å². The summed E-state index contributed by atoms with van der Waals surface area (Å²) in [6.45, 7) is 15.8. The molecule has 1 aliphatic rings. The zero-order valence-electron chi connectivity index (χ0n) is 28.2. The molecule has 0 aliphatic heterocycles. The Kier molecular flexibility index (Phi) is 9.78. The van der Waals surface area contributed by atoms with Crippen LogP contribution in [0.5, 0.6) is 0 Å². The van der Waals surface area contributed by atoms with Gasteiger partial charge in [0.2, 0.25) is 0 Å². The zero-order chi connectivity index (χ0) is 32.5. The van der Waals surface area contributed by atoms with E-state index < -0.39 is 0 Å². The molecular weight excluding hydrogens is 751 g/mol. The molecule has 3 heterocycles. The first-order valence-corrected chi connectivity index (χ1v) is 15.9. The number of pyridine rings is 3. The SMILES string of the molecule is CC(C)(C)c1ccnc(-c2[c-]ccc(-c3ccccc3)c2)c1.CC1(C)c2cnccc2C(C)(C)c2c(-c3ccccn3)[c-]ccc21.[Ir]. The number of hydrogen-bond donors (Lipinski definition) is 0. The second-order valence-corrected chi connectivity index (χ2v) is 14.1. The minimum absolute atomic E-state index is 0. The van der Waals surface area contributed by atoms with Crippen LogP contribution in [0.1, 0.15) is 76.3 Å². The third-order valence-corrected chi connectivity index (χ3v) is 9.19. The molecule has 0 saturated carbocycles. The molecule has 7 rings (SSSR count). The molecule has 1 radical (unpaired) electrons. The number of fused-ring (bicyclic) bond motifs is 2. The van der Waals surface area contributed by atoms with Crippen molar-refractivity contribution in [1.29, 1.82) is 0 Å². The summed E-state index contributed by atoms with van der Waals surface area (Å²) in [4.78, 5) is 13.5. The summed E-state index contributed by atoms with van der Waals surface area (Å²) in [6, 6.07) is 40.1. The van der Waals surface area contributed by atoms with E-state index in [2.05, 4.69) is 142 Å². The molecule has 239 valence electrons. The molecule has 3 aromatic carbocycles. The number of aromatic nitrogens is 3. The molecular formula is C43H41IrN3-2. The number of hydrogen-bond acceptors (Lipinski definition) is 3. The maximum atomic E-state index is 4.58. The number of nitrogens with zero attached hydrogens (tertiary/aromatic N) is 3. The Balaban J connectivity index is 0.000000181. The van der Waals surface area contributed by atoms with E-state index in [1.807, 2.05) is 55.1 Å². The predicted octanol–water partition coefficient (Wildman–Crippen LogP) is 10.4. The van der Waals surface area contributed by atoms with Gasteiger partial charge in [-0.25, -0.2) is 0 Å². The molecule has 0 amide bonds. The van der Waals surface area contributed by atoms with Crippen LogP contribution in [0.15, 0.2) is 122 Å². The maximum absolute atomic E-state index is 4.58. The minimum atomic E-state index is -0.117. The van der Waals surface area contributed by atoms with Gasteiger partial charge in [-0.2, -0.15) is 0 Å². The van der Waals surface area contributed by atoms with Crippen molar-refractivity contribution in [2.24, 2.45) is 0 Å². The van der Waals surface area contributed by atoms with E-state index in [1.165, 1.54) is 38.9 Å². The predicted molar refractivity (Wildman–Crippen MR) is 190 cm³/mol. The molecule has 0 spiro atoms. The van der Waals surface area contributed by atoms with Crippen LogP contribution in [0.2, 0.25) is 0 Å². The fourth-order valence-corrected chi connectivity index (χ4v) is 6.57. The zero-order valence-corrected chi connectivity index (χ0v) is 30.6. The van der Waals surface area contributed by atoms with Gasteiger partial charge in [-0.1, -0.05) is 97.0 Å². The fraction of sp³-hybridized carbons (Fsp3) is 0.233. The van der Waals surface area contributed by atoms with E-state index in [1.54, 1.807) is 0 Å². The third-order valence-electron chi connectivity index (χ3n) is 9.19. The second-order valence-electron chi connectivity index (χ2n) is 14.1. The van der Waals surface area contributed by atoms with Gasteiger partial charge >= 0.3 is 0 Å².